The number of fused-ring (bicyclic) bond motifs is 1. The molecule has 4 nitrogen and oxygen atoms in total. The van der Waals surface area contributed by atoms with Crippen LogP contribution in [0.1, 0.15) is 36.5 Å². The smallest absolute Gasteiger partial charge is 0.257 e. The van der Waals surface area contributed by atoms with Crippen LogP contribution in [0.25, 0.3) is 0 Å². The second-order valence-electron chi connectivity index (χ2n) is 6.30. The van der Waals surface area contributed by atoms with Gasteiger partial charge in [0.2, 0.25) is 0 Å². The number of pyridine rings is 1. The third kappa shape index (κ3) is 3.32. The summed E-state index contributed by atoms with van der Waals surface area (Å²) in [7, 11) is 0. The van der Waals surface area contributed by atoms with Gasteiger partial charge < -0.3 is 9.47 Å². The average Bonchev–Trinajstić information content (AvgIpc) is 2.63. The molecular weight excluding hydrogens is 288 g/mol. The Hall–Kier alpha value is -2.07. The van der Waals surface area contributed by atoms with Crippen molar-refractivity contribution in [1.82, 2.24) is 9.88 Å². The Morgan fingerprint density at radius 3 is 2.70 bits per heavy atom. The van der Waals surface area contributed by atoms with Crippen molar-refractivity contribution in [3.63, 3.8) is 0 Å². The summed E-state index contributed by atoms with van der Waals surface area (Å²) in [6, 6.07) is 12.5. The van der Waals surface area contributed by atoms with Crippen molar-refractivity contribution >= 4 is 0 Å². The van der Waals surface area contributed by atoms with Gasteiger partial charge in [0.05, 0.1) is 0 Å². The normalized spacial score (nSPS) is 21.1. The predicted octanol–water partition coefficient (Wildman–Crippen LogP) is 3.58. The van der Waals surface area contributed by atoms with Crippen LogP contribution in [0.2, 0.25) is 0 Å². The largest absolute Gasteiger partial charge is 0.484 e. The Balaban J connectivity index is 1.42. The lowest BCUT2D eigenvalue weighted by Gasteiger charge is -2.27. The number of ether oxygens (including phenoxy) is 2. The van der Waals surface area contributed by atoms with Gasteiger partial charge in [-0.2, -0.15) is 0 Å². The molecule has 0 unspecified atom stereocenters. The molecule has 1 aromatic carbocycles. The summed E-state index contributed by atoms with van der Waals surface area (Å²) < 4.78 is 11.7. The molecule has 1 aromatic heterocycles. The van der Waals surface area contributed by atoms with E-state index in [-0.39, 0.29) is 6.10 Å². The van der Waals surface area contributed by atoms with E-state index in [4.69, 9.17) is 9.47 Å². The fourth-order valence-corrected chi connectivity index (χ4v) is 3.29. The number of piperidine rings is 1. The van der Waals surface area contributed by atoms with Crippen LogP contribution in [-0.4, -0.2) is 29.6 Å². The van der Waals surface area contributed by atoms with Crippen molar-refractivity contribution in [2.75, 3.05) is 19.7 Å². The Labute approximate surface area is 137 Å². The number of aromatic nitrogens is 1. The van der Waals surface area contributed by atoms with Crippen LogP contribution in [0.5, 0.6) is 11.6 Å². The van der Waals surface area contributed by atoms with Crippen molar-refractivity contribution in [1.29, 1.82) is 0 Å². The standard InChI is InChI=1S/C19H22N2O2/c1-2-11-21(12-3-1)13-15-6-8-16(9-7-15)18-14-22-17-5-4-10-20-19(17)23-18/h4-10,18H,1-3,11-14H2/t18-/m1/s1. The highest BCUT2D eigenvalue weighted by atomic mass is 16.6. The topological polar surface area (TPSA) is 34.6 Å². The third-order valence-corrected chi connectivity index (χ3v) is 4.59. The van der Waals surface area contributed by atoms with Gasteiger partial charge in [0.1, 0.15) is 6.61 Å². The Kier molecular flexibility index (Phi) is 4.16. The average molecular weight is 310 g/mol. The molecule has 23 heavy (non-hydrogen) atoms. The molecule has 1 saturated heterocycles. The molecular formula is C19H22N2O2. The SMILES string of the molecule is c1cnc2c(c1)OC[C@H](c1ccc(CN3CCCCC3)cc1)O2. The molecule has 0 aliphatic carbocycles. The van der Waals surface area contributed by atoms with Crippen molar-refractivity contribution in [2.45, 2.75) is 31.9 Å². The first kappa shape index (κ1) is 14.5. The molecule has 1 fully saturated rings. The van der Waals surface area contributed by atoms with Crippen LogP contribution < -0.4 is 9.47 Å². The monoisotopic (exact) mass is 310 g/mol. The minimum Gasteiger partial charge on any atom is -0.484 e. The Morgan fingerprint density at radius 1 is 1.04 bits per heavy atom. The van der Waals surface area contributed by atoms with Crippen molar-refractivity contribution in [3.8, 4) is 11.6 Å². The van der Waals surface area contributed by atoms with E-state index in [1.807, 2.05) is 12.1 Å². The summed E-state index contributed by atoms with van der Waals surface area (Å²) in [6.45, 7) is 4.03. The van der Waals surface area contributed by atoms with Gasteiger partial charge in [-0.25, -0.2) is 4.98 Å². The maximum atomic E-state index is 5.96. The van der Waals surface area contributed by atoms with E-state index in [0.717, 1.165) is 17.9 Å². The van der Waals surface area contributed by atoms with Crippen LogP contribution >= 0.6 is 0 Å². The van der Waals surface area contributed by atoms with Gasteiger partial charge in [-0.3, -0.25) is 4.90 Å². The first-order valence-electron chi connectivity index (χ1n) is 8.44. The molecule has 120 valence electrons. The molecule has 4 heteroatoms. The molecule has 0 radical (unpaired) electrons. The minimum absolute atomic E-state index is 0.0820. The van der Waals surface area contributed by atoms with Gasteiger partial charge in [-0.05, 0) is 49.2 Å². The van der Waals surface area contributed by atoms with E-state index in [1.165, 1.54) is 37.9 Å². The summed E-state index contributed by atoms with van der Waals surface area (Å²) in [5.41, 5.74) is 2.51. The van der Waals surface area contributed by atoms with E-state index in [1.54, 1.807) is 6.20 Å². The molecule has 2 aromatic rings. The zero-order chi connectivity index (χ0) is 15.5. The first-order chi connectivity index (χ1) is 11.4. The van der Waals surface area contributed by atoms with Gasteiger partial charge in [0, 0.05) is 12.7 Å². The summed E-state index contributed by atoms with van der Waals surface area (Å²) in [5, 5.41) is 0. The van der Waals surface area contributed by atoms with Crippen molar-refractivity contribution in [2.24, 2.45) is 0 Å². The van der Waals surface area contributed by atoms with Crippen LogP contribution in [0, 0.1) is 0 Å². The van der Waals surface area contributed by atoms with E-state index >= 15 is 0 Å². The van der Waals surface area contributed by atoms with Gasteiger partial charge in [-0.15, -0.1) is 0 Å². The van der Waals surface area contributed by atoms with Crippen LogP contribution in [-0.2, 0) is 6.54 Å². The summed E-state index contributed by atoms with van der Waals surface area (Å²) in [4.78, 5) is 6.78. The van der Waals surface area contributed by atoms with E-state index < -0.39 is 0 Å². The number of likely N-dealkylation sites (tertiary alicyclic amines) is 1. The number of rotatable bonds is 3. The van der Waals surface area contributed by atoms with Crippen LogP contribution in [0.4, 0.5) is 0 Å². The maximum absolute atomic E-state index is 5.96. The van der Waals surface area contributed by atoms with Gasteiger partial charge >= 0.3 is 0 Å². The second kappa shape index (κ2) is 6.59. The molecule has 0 spiro atoms. The van der Waals surface area contributed by atoms with E-state index in [0.29, 0.717) is 12.5 Å². The zero-order valence-corrected chi connectivity index (χ0v) is 13.3. The Bertz CT molecular complexity index is 651. The molecule has 0 bridgehead atoms. The number of hydrogen-bond donors (Lipinski definition) is 0. The molecule has 0 amide bonds. The molecule has 0 saturated carbocycles. The highest BCUT2D eigenvalue weighted by molar-refractivity contribution is 5.35. The summed E-state index contributed by atoms with van der Waals surface area (Å²) in [5.74, 6) is 1.31. The van der Waals surface area contributed by atoms with Crippen LogP contribution in [0.15, 0.2) is 42.6 Å². The quantitative estimate of drug-likeness (QED) is 0.868. The molecule has 1 atom stereocenters. The Morgan fingerprint density at radius 2 is 1.87 bits per heavy atom. The highest BCUT2D eigenvalue weighted by Crippen LogP contribution is 2.33. The zero-order valence-electron chi connectivity index (χ0n) is 13.3. The molecule has 0 N–H and O–H groups in total. The second-order valence-corrected chi connectivity index (χ2v) is 6.30. The number of hydrogen-bond acceptors (Lipinski definition) is 4. The fourth-order valence-electron chi connectivity index (χ4n) is 3.29. The van der Waals surface area contributed by atoms with Gasteiger partial charge in [-0.1, -0.05) is 30.7 Å². The molecule has 3 heterocycles. The van der Waals surface area contributed by atoms with Gasteiger partial charge in [0.15, 0.2) is 11.9 Å². The van der Waals surface area contributed by atoms with Crippen LogP contribution in [0.3, 0.4) is 0 Å². The molecule has 4 rings (SSSR count). The van der Waals surface area contributed by atoms with Crippen molar-refractivity contribution in [3.05, 3.63) is 53.7 Å². The maximum Gasteiger partial charge on any atom is 0.257 e. The van der Waals surface area contributed by atoms with E-state index in [2.05, 4.69) is 34.1 Å². The summed E-state index contributed by atoms with van der Waals surface area (Å²) in [6.07, 6.45) is 5.69. The minimum atomic E-state index is -0.0820. The van der Waals surface area contributed by atoms with Gasteiger partial charge in [0.25, 0.3) is 5.88 Å². The first-order valence-corrected chi connectivity index (χ1v) is 8.44. The number of benzene rings is 1. The highest BCUT2D eigenvalue weighted by Gasteiger charge is 2.23. The lowest BCUT2D eigenvalue weighted by atomic mass is 10.1. The van der Waals surface area contributed by atoms with Crippen molar-refractivity contribution < 1.29 is 9.47 Å². The molecule has 2 aliphatic rings. The predicted molar refractivity (Wildman–Crippen MR) is 88.7 cm³/mol. The lowest BCUT2D eigenvalue weighted by molar-refractivity contribution is 0.0851. The van der Waals surface area contributed by atoms with E-state index in [9.17, 15) is 0 Å². The third-order valence-electron chi connectivity index (χ3n) is 4.59. The lowest BCUT2D eigenvalue weighted by Crippen LogP contribution is -2.29. The molecule has 2 aliphatic heterocycles. The number of nitrogens with zero attached hydrogens (tertiary/aromatic N) is 2. The summed E-state index contributed by atoms with van der Waals surface area (Å²) >= 11 is 0. The fraction of sp³-hybridized carbons (Fsp3) is 0.421.